The van der Waals surface area contributed by atoms with Gasteiger partial charge in [-0.05, 0) is 0 Å². The van der Waals surface area contributed by atoms with E-state index in [9.17, 15) is 74.6 Å². The van der Waals surface area contributed by atoms with Gasteiger partial charge in [0.15, 0.2) is 0 Å². The summed E-state index contributed by atoms with van der Waals surface area (Å²) in [6.07, 6.45) is -10.6. The van der Waals surface area contributed by atoms with Crippen molar-refractivity contribution in [3.8, 4) is 6.01 Å². The van der Waals surface area contributed by atoms with E-state index in [1.165, 1.54) is 0 Å². The summed E-state index contributed by atoms with van der Waals surface area (Å²) >= 11 is 0. The molecule has 0 aliphatic carbocycles. The molecule has 0 amide bonds. The quantitative estimate of drug-likeness (QED) is 0.390. The van der Waals surface area contributed by atoms with Gasteiger partial charge in [-0.15, -0.1) is 0 Å². The zero-order chi connectivity index (χ0) is 29.0. The van der Waals surface area contributed by atoms with Crippen LogP contribution in [0.2, 0.25) is 0 Å². The molecule has 6 nitrogen and oxygen atoms in total. The highest BCUT2D eigenvalue weighted by molar-refractivity contribution is 5.27. The Balaban J connectivity index is 3.36. The molecule has 0 aromatic carbocycles. The molecule has 0 bridgehead atoms. The first-order valence-electron chi connectivity index (χ1n) is 8.23. The van der Waals surface area contributed by atoms with Crippen LogP contribution in [0.25, 0.3) is 0 Å². The fourth-order valence-corrected chi connectivity index (χ4v) is 2.08. The smallest absolute Gasteiger partial charge is 0.460 e. The average Bonchev–Trinajstić information content (AvgIpc) is 2.65. The van der Waals surface area contributed by atoms with Crippen molar-refractivity contribution in [3.63, 3.8) is 0 Å². The highest BCUT2D eigenvalue weighted by Crippen LogP contribution is 2.64. The first kappa shape index (κ1) is 31.3. The minimum Gasteiger partial charge on any atom is -0.463 e. The number of nitrogen functional groups attached to an aromatic ring is 2. The maximum Gasteiger partial charge on any atom is 0.460 e. The highest BCUT2D eigenvalue weighted by atomic mass is 19.4. The Morgan fingerprint density at radius 3 is 1.19 bits per heavy atom. The third kappa shape index (κ3) is 4.54. The standard InChI is InChI=1S/C13H8F17N5O/c14-6(15,1-2-36-5-34-3(31)33-4(32)35-5)7(16,17)8(18,19)9(20,21)10(22,23)11(24,25)12(26,27)13(28,29)30/h1-2H2,(H4,31,32,33,34,35). The number of ether oxygens (including phenoxy) is 1. The third-order valence-corrected chi connectivity index (χ3v) is 4.08. The predicted octanol–water partition coefficient (Wildman–Crippen LogP) is 4.81. The van der Waals surface area contributed by atoms with Gasteiger partial charge in [0.05, 0.1) is 13.0 Å². The molecule has 4 N–H and O–H groups in total. The summed E-state index contributed by atoms with van der Waals surface area (Å²) in [5, 5.41) is 0. The Morgan fingerprint density at radius 1 is 0.500 bits per heavy atom. The van der Waals surface area contributed by atoms with Crippen LogP contribution in [0.5, 0.6) is 6.01 Å². The number of anilines is 2. The lowest BCUT2D eigenvalue weighted by Crippen LogP contribution is -2.74. The maximum atomic E-state index is 13.7. The van der Waals surface area contributed by atoms with E-state index in [0.29, 0.717) is 0 Å². The molecule has 210 valence electrons. The average molecular weight is 573 g/mol. The molecule has 1 aromatic heterocycles. The van der Waals surface area contributed by atoms with Gasteiger partial charge in [0.2, 0.25) is 11.9 Å². The first-order valence-corrected chi connectivity index (χ1v) is 8.23. The molecule has 0 saturated carbocycles. The second-order valence-corrected chi connectivity index (χ2v) is 6.58. The van der Waals surface area contributed by atoms with Gasteiger partial charge in [0, 0.05) is 0 Å². The van der Waals surface area contributed by atoms with Crippen LogP contribution in [0.15, 0.2) is 0 Å². The summed E-state index contributed by atoms with van der Waals surface area (Å²) in [5.74, 6) is -58.4. The normalized spacial score (nSPS) is 15.2. The molecule has 23 heteroatoms. The van der Waals surface area contributed by atoms with Gasteiger partial charge in [-0.25, -0.2) is 0 Å². The maximum absolute atomic E-state index is 13.7. The molecule has 1 rings (SSSR count). The van der Waals surface area contributed by atoms with Crippen LogP contribution in [0.1, 0.15) is 6.42 Å². The Labute approximate surface area is 185 Å². The largest absolute Gasteiger partial charge is 0.463 e. The van der Waals surface area contributed by atoms with Crippen molar-refractivity contribution >= 4 is 11.9 Å². The van der Waals surface area contributed by atoms with E-state index in [1.54, 1.807) is 0 Å². The summed E-state index contributed by atoms with van der Waals surface area (Å²) in [5.41, 5.74) is 9.99. The molecule has 0 atom stereocenters. The fourth-order valence-electron chi connectivity index (χ4n) is 2.08. The van der Waals surface area contributed by atoms with Gasteiger partial charge in [-0.1, -0.05) is 0 Å². The summed E-state index contributed by atoms with van der Waals surface area (Å²) in [7, 11) is 0. The molecule has 0 aliphatic heterocycles. The fraction of sp³-hybridized carbons (Fsp3) is 0.769. The Morgan fingerprint density at radius 2 is 0.833 bits per heavy atom. The Kier molecular flexibility index (Phi) is 7.52. The molecule has 0 saturated heterocycles. The second kappa shape index (κ2) is 8.66. The van der Waals surface area contributed by atoms with Gasteiger partial charge < -0.3 is 16.2 Å². The number of nitrogens with two attached hydrogens (primary N) is 2. The number of nitrogens with zero attached hydrogens (tertiary/aromatic N) is 3. The third-order valence-electron chi connectivity index (χ3n) is 4.08. The molecule has 0 spiro atoms. The first-order chi connectivity index (χ1) is 15.6. The topological polar surface area (TPSA) is 99.9 Å². The lowest BCUT2D eigenvalue weighted by molar-refractivity contribution is -0.461. The van der Waals surface area contributed by atoms with Gasteiger partial charge in [-0.3, -0.25) is 0 Å². The zero-order valence-corrected chi connectivity index (χ0v) is 16.2. The molecular formula is C13H8F17N5O. The number of hydrogen-bond acceptors (Lipinski definition) is 6. The number of halogens is 17. The van der Waals surface area contributed by atoms with E-state index in [2.05, 4.69) is 19.7 Å². The predicted molar refractivity (Wildman–Crippen MR) is 79.4 cm³/mol. The molecule has 0 unspecified atom stereocenters. The van der Waals surface area contributed by atoms with Crippen LogP contribution < -0.4 is 16.2 Å². The van der Waals surface area contributed by atoms with E-state index in [0.717, 1.165) is 0 Å². The van der Waals surface area contributed by atoms with E-state index in [4.69, 9.17) is 11.5 Å². The summed E-state index contributed by atoms with van der Waals surface area (Å²) < 4.78 is 227. The number of hydrogen-bond donors (Lipinski definition) is 2. The van der Waals surface area contributed by atoms with Gasteiger partial charge >= 0.3 is 53.6 Å². The van der Waals surface area contributed by atoms with Crippen LogP contribution in [-0.2, 0) is 0 Å². The lowest BCUT2D eigenvalue weighted by atomic mass is 9.88. The van der Waals surface area contributed by atoms with E-state index < -0.39 is 78.6 Å². The van der Waals surface area contributed by atoms with Crippen molar-refractivity contribution in [2.45, 2.75) is 54.1 Å². The molecule has 1 aromatic rings. The number of aromatic nitrogens is 3. The van der Waals surface area contributed by atoms with Gasteiger partial charge in [-0.2, -0.15) is 89.6 Å². The molecule has 0 aliphatic rings. The SMILES string of the molecule is Nc1nc(N)nc(OCCC(F)(F)C(F)(F)C(F)(F)C(F)(F)C(F)(F)C(F)(F)C(F)(F)C(F)(F)F)n1. The monoisotopic (exact) mass is 573 g/mol. The number of rotatable bonds is 10. The molecule has 36 heavy (non-hydrogen) atoms. The minimum absolute atomic E-state index is 0.778. The van der Waals surface area contributed by atoms with E-state index in [-0.39, 0.29) is 0 Å². The molecular weight excluding hydrogens is 565 g/mol. The minimum atomic E-state index is -8.68. The summed E-state index contributed by atoms with van der Waals surface area (Å²) in [6.45, 7) is -1.94. The highest BCUT2D eigenvalue weighted by Gasteiger charge is 2.95. The zero-order valence-electron chi connectivity index (χ0n) is 16.2. The van der Waals surface area contributed by atoms with Crippen LogP contribution in [0.3, 0.4) is 0 Å². The molecule has 1 heterocycles. The summed E-state index contributed by atoms with van der Waals surface area (Å²) in [6, 6.07) is -1.14. The van der Waals surface area contributed by atoms with Crippen LogP contribution in [-0.4, -0.2) is 69.2 Å². The van der Waals surface area contributed by atoms with E-state index >= 15 is 0 Å². The van der Waals surface area contributed by atoms with Crippen molar-refractivity contribution in [2.24, 2.45) is 0 Å². The van der Waals surface area contributed by atoms with Crippen LogP contribution >= 0.6 is 0 Å². The summed E-state index contributed by atoms with van der Waals surface area (Å²) in [4.78, 5) is 9.14. The van der Waals surface area contributed by atoms with Crippen molar-refractivity contribution in [1.29, 1.82) is 0 Å². The van der Waals surface area contributed by atoms with Crippen LogP contribution in [0, 0.1) is 0 Å². The van der Waals surface area contributed by atoms with E-state index in [1.807, 2.05) is 0 Å². The lowest BCUT2D eigenvalue weighted by Gasteiger charge is -2.42. The molecule has 0 fully saturated rings. The second-order valence-electron chi connectivity index (χ2n) is 6.58. The van der Waals surface area contributed by atoms with Crippen molar-refractivity contribution < 1.29 is 79.4 Å². The van der Waals surface area contributed by atoms with Crippen LogP contribution in [0.4, 0.5) is 86.5 Å². The Hall–Kier alpha value is -2.78. The Bertz CT molecular complexity index is 927. The van der Waals surface area contributed by atoms with Crippen molar-refractivity contribution in [2.75, 3.05) is 18.1 Å². The molecule has 0 radical (unpaired) electrons. The van der Waals surface area contributed by atoms with Gasteiger partial charge in [0.25, 0.3) is 0 Å². The van der Waals surface area contributed by atoms with Crippen molar-refractivity contribution in [1.82, 2.24) is 15.0 Å². The van der Waals surface area contributed by atoms with Gasteiger partial charge in [0.1, 0.15) is 0 Å². The van der Waals surface area contributed by atoms with Crippen molar-refractivity contribution in [3.05, 3.63) is 0 Å². The number of alkyl halides is 17.